The van der Waals surface area contributed by atoms with Gasteiger partial charge in [0.15, 0.2) is 11.4 Å². The van der Waals surface area contributed by atoms with Crippen molar-refractivity contribution in [2.75, 3.05) is 5.73 Å². The van der Waals surface area contributed by atoms with Crippen molar-refractivity contribution < 1.29 is 4.42 Å². The van der Waals surface area contributed by atoms with Gasteiger partial charge in [0, 0.05) is 0 Å². The number of hydrogen-bond donors (Lipinski definition) is 1. The molecule has 0 atom stereocenters. The molecular weight excluding hydrogens is 326 g/mol. The van der Waals surface area contributed by atoms with Crippen LogP contribution >= 0.6 is 0 Å². The topological polar surface area (TPSA) is 82.8 Å². The van der Waals surface area contributed by atoms with Gasteiger partial charge in [-0.3, -0.25) is 0 Å². The van der Waals surface area contributed by atoms with Crippen molar-refractivity contribution in [2.24, 2.45) is 0 Å². The van der Waals surface area contributed by atoms with Gasteiger partial charge in [-0.2, -0.15) is 4.98 Å². The molecular formula is C20H15N5O. The smallest absolute Gasteiger partial charge is 0.222 e. The number of rotatable bonds is 3. The molecule has 3 aromatic heterocycles. The maximum absolute atomic E-state index is 5.94. The number of anilines is 1. The molecule has 6 nitrogen and oxygen atoms in total. The molecule has 0 bridgehead atoms. The normalized spacial score (nSPS) is 11.4. The van der Waals surface area contributed by atoms with E-state index >= 15 is 0 Å². The van der Waals surface area contributed by atoms with E-state index in [1.807, 2.05) is 28.8 Å². The quantitative estimate of drug-likeness (QED) is 0.538. The maximum atomic E-state index is 5.94. The molecule has 0 fully saturated rings. The molecule has 5 aromatic rings. The summed E-state index contributed by atoms with van der Waals surface area (Å²) < 4.78 is 7.46. The zero-order valence-electron chi connectivity index (χ0n) is 13.8. The van der Waals surface area contributed by atoms with E-state index < -0.39 is 0 Å². The largest absolute Gasteiger partial charge is 0.463 e. The second kappa shape index (κ2) is 5.70. The van der Waals surface area contributed by atoms with Gasteiger partial charge in [0.25, 0.3) is 0 Å². The Kier molecular flexibility index (Phi) is 3.21. The van der Waals surface area contributed by atoms with Crippen molar-refractivity contribution in [1.82, 2.24) is 19.5 Å². The molecule has 2 N–H and O–H groups in total. The first-order valence-corrected chi connectivity index (χ1v) is 8.28. The summed E-state index contributed by atoms with van der Waals surface area (Å²) in [6.45, 7) is 0.645. The van der Waals surface area contributed by atoms with Crippen LogP contribution in [0.3, 0.4) is 0 Å². The first-order valence-electron chi connectivity index (χ1n) is 8.28. The Balaban J connectivity index is 1.66. The summed E-state index contributed by atoms with van der Waals surface area (Å²) >= 11 is 0. The fraction of sp³-hybridized carbons (Fsp3) is 0.0500. The molecule has 26 heavy (non-hydrogen) atoms. The Labute approximate surface area is 148 Å². The molecule has 126 valence electrons. The van der Waals surface area contributed by atoms with Crippen LogP contribution in [-0.2, 0) is 6.54 Å². The Morgan fingerprint density at radius 1 is 0.962 bits per heavy atom. The van der Waals surface area contributed by atoms with Crippen LogP contribution in [0.15, 0.2) is 71.6 Å². The number of hydrogen-bond acceptors (Lipinski definition) is 5. The lowest BCUT2D eigenvalue weighted by Crippen LogP contribution is -2.03. The molecule has 0 aliphatic heterocycles. The van der Waals surface area contributed by atoms with E-state index in [0.717, 1.165) is 0 Å². The Morgan fingerprint density at radius 3 is 2.73 bits per heavy atom. The Morgan fingerprint density at radius 2 is 1.85 bits per heavy atom. The van der Waals surface area contributed by atoms with Crippen molar-refractivity contribution >= 4 is 27.9 Å². The molecule has 0 aliphatic rings. The molecule has 0 saturated carbocycles. The first kappa shape index (κ1) is 14.7. The molecule has 0 saturated heterocycles. The van der Waals surface area contributed by atoms with E-state index in [9.17, 15) is 0 Å². The minimum absolute atomic E-state index is 0.198. The van der Waals surface area contributed by atoms with Crippen LogP contribution in [0.1, 0.15) is 5.56 Å². The predicted molar refractivity (Wildman–Crippen MR) is 100 cm³/mol. The van der Waals surface area contributed by atoms with Gasteiger partial charge in [-0.25, -0.2) is 9.97 Å². The van der Waals surface area contributed by atoms with Crippen molar-refractivity contribution in [3.05, 3.63) is 72.8 Å². The molecule has 0 spiro atoms. The average Bonchev–Trinajstić information content (AvgIpc) is 3.32. The number of furan rings is 1. The minimum atomic E-state index is 0.198. The van der Waals surface area contributed by atoms with Crippen LogP contribution in [0.25, 0.3) is 33.4 Å². The summed E-state index contributed by atoms with van der Waals surface area (Å²) in [5, 5.41) is 2.42. The maximum Gasteiger partial charge on any atom is 0.222 e. The lowest BCUT2D eigenvalue weighted by molar-refractivity contribution is 0.580. The molecule has 6 heteroatoms. The number of nitrogens with zero attached hydrogens (tertiary/aromatic N) is 4. The third kappa shape index (κ3) is 2.31. The van der Waals surface area contributed by atoms with Crippen molar-refractivity contribution in [1.29, 1.82) is 0 Å². The molecule has 0 radical (unpaired) electrons. The van der Waals surface area contributed by atoms with Crippen LogP contribution in [0.4, 0.5) is 5.95 Å². The van der Waals surface area contributed by atoms with Gasteiger partial charge in [0.05, 0.1) is 19.1 Å². The number of fused-ring (bicyclic) bond motifs is 2. The summed E-state index contributed by atoms with van der Waals surface area (Å²) in [6.07, 6.45) is 3.37. The van der Waals surface area contributed by atoms with E-state index in [4.69, 9.17) is 10.2 Å². The summed E-state index contributed by atoms with van der Waals surface area (Å²) in [7, 11) is 0. The lowest BCUT2D eigenvalue weighted by Gasteiger charge is -2.08. The highest BCUT2D eigenvalue weighted by Crippen LogP contribution is 2.27. The van der Waals surface area contributed by atoms with E-state index in [2.05, 4.69) is 45.3 Å². The molecule has 2 aromatic carbocycles. The van der Waals surface area contributed by atoms with Crippen LogP contribution in [0, 0.1) is 0 Å². The van der Waals surface area contributed by atoms with Gasteiger partial charge in [0.2, 0.25) is 5.95 Å². The highest BCUT2D eigenvalue weighted by atomic mass is 16.3. The van der Waals surface area contributed by atoms with Crippen LogP contribution in [0.2, 0.25) is 0 Å². The van der Waals surface area contributed by atoms with Gasteiger partial charge in [0.1, 0.15) is 11.2 Å². The third-order valence-electron chi connectivity index (χ3n) is 4.46. The zero-order chi connectivity index (χ0) is 17.5. The third-order valence-corrected chi connectivity index (χ3v) is 4.46. The van der Waals surface area contributed by atoms with Crippen molar-refractivity contribution in [2.45, 2.75) is 6.54 Å². The lowest BCUT2D eigenvalue weighted by atomic mass is 10.0. The average molecular weight is 341 g/mol. The second-order valence-electron chi connectivity index (χ2n) is 6.09. The summed E-state index contributed by atoms with van der Waals surface area (Å²) in [5.74, 6) is 0.822. The molecule has 0 unspecified atom stereocenters. The highest BCUT2D eigenvalue weighted by molar-refractivity contribution is 5.88. The summed E-state index contributed by atoms with van der Waals surface area (Å²) in [5.41, 5.74) is 9.10. The van der Waals surface area contributed by atoms with E-state index in [1.165, 1.54) is 16.3 Å². The zero-order valence-corrected chi connectivity index (χ0v) is 13.8. The molecule has 3 heterocycles. The fourth-order valence-corrected chi connectivity index (χ4v) is 3.28. The van der Waals surface area contributed by atoms with E-state index in [0.29, 0.717) is 29.2 Å². The van der Waals surface area contributed by atoms with Crippen molar-refractivity contribution in [3.63, 3.8) is 0 Å². The van der Waals surface area contributed by atoms with Crippen LogP contribution < -0.4 is 5.73 Å². The highest BCUT2D eigenvalue weighted by Gasteiger charge is 2.16. The van der Waals surface area contributed by atoms with Gasteiger partial charge in [-0.15, -0.1) is 0 Å². The number of nitrogen functional groups attached to an aromatic ring is 1. The SMILES string of the molecule is Nc1nc(-c2ccco2)c2ncn(Cc3cccc4ccccc34)c2n1. The number of benzene rings is 2. The van der Waals surface area contributed by atoms with Crippen molar-refractivity contribution in [3.8, 4) is 11.5 Å². The van der Waals surface area contributed by atoms with E-state index in [1.54, 1.807) is 12.6 Å². The van der Waals surface area contributed by atoms with Gasteiger partial charge in [-0.05, 0) is 28.5 Å². The summed E-state index contributed by atoms with van der Waals surface area (Å²) in [6, 6.07) is 18.3. The predicted octanol–water partition coefficient (Wildman–Crippen LogP) is 3.87. The minimum Gasteiger partial charge on any atom is -0.463 e. The number of aromatic nitrogens is 4. The summed E-state index contributed by atoms with van der Waals surface area (Å²) in [4.78, 5) is 13.2. The second-order valence-corrected chi connectivity index (χ2v) is 6.09. The molecule has 0 amide bonds. The van der Waals surface area contributed by atoms with Gasteiger partial charge >= 0.3 is 0 Å². The number of nitrogens with two attached hydrogens (primary N) is 1. The standard InChI is InChI=1S/C20H15N5O/c21-20-23-17(16-9-4-10-26-16)18-19(24-20)25(12-22-18)11-14-7-3-6-13-5-1-2-8-15(13)14/h1-10,12H,11H2,(H2,21,23,24). The fourth-order valence-electron chi connectivity index (χ4n) is 3.28. The number of imidazole rings is 1. The molecule has 5 rings (SSSR count). The van der Waals surface area contributed by atoms with Gasteiger partial charge in [-0.1, -0.05) is 42.5 Å². The first-order chi connectivity index (χ1) is 12.8. The Bertz CT molecular complexity index is 1220. The molecule has 0 aliphatic carbocycles. The van der Waals surface area contributed by atoms with Crippen LogP contribution in [-0.4, -0.2) is 19.5 Å². The monoisotopic (exact) mass is 341 g/mol. The Hall–Kier alpha value is -3.67. The van der Waals surface area contributed by atoms with Gasteiger partial charge < -0.3 is 14.7 Å². The van der Waals surface area contributed by atoms with E-state index in [-0.39, 0.29) is 5.95 Å². The van der Waals surface area contributed by atoms with Crippen LogP contribution in [0.5, 0.6) is 0 Å².